The van der Waals surface area contributed by atoms with Crippen molar-refractivity contribution in [2.75, 3.05) is 6.61 Å². The number of hydrogen-bond acceptors (Lipinski definition) is 3. The Balaban J connectivity index is 1.89. The SMILES string of the molecule is CCOC(=O)CC1(N)CC[C@H]2C[C@H]21. The van der Waals surface area contributed by atoms with Crippen LogP contribution in [0.5, 0.6) is 0 Å². The number of carbonyl (C=O) groups is 1. The second-order valence-corrected chi connectivity index (χ2v) is 4.36. The van der Waals surface area contributed by atoms with E-state index in [0.29, 0.717) is 18.9 Å². The van der Waals surface area contributed by atoms with Crippen molar-refractivity contribution in [3.63, 3.8) is 0 Å². The second-order valence-electron chi connectivity index (χ2n) is 4.36. The summed E-state index contributed by atoms with van der Waals surface area (Å²) < 4.78 is 4.92. The van der Waals surface area contributed by atoms with Crippen molar-refractivity contribution < 1.29 is 9.53 Å². The van der Waals surface area contributed by atoms with Crippen LogP contribution in [0.15, 0.2) is 0 Å². The Morgan fingerprint density at radius 1 is 1.69 bits per heavy atom. The molecule has 0 radical (unpaired) electrons. The molecule has 74 valence electrons. The Hall–Kier alpha value is -0.570. The number of hydrogen-bond donors (Lipinski definition) is 1. The van der Waals surface area contributed by atoms with E-state index in [2.05, 4.69) is 0 Å². The molecule has 0 aliphatic heterocycles. The Morgan fingerprint density at radius 3 is 2.92 bits per heavy atom. The van der Waals surface area contributed by atoms with Crippen molar-refractivity contribution >= 4 is 5.97 Å². The van der Waals surface area contributed by atoms with Gasteiger partial charge in [-0.15, -0.1) is 0 Å². The molecule has 3 heteroatoms. The highest BCUT2D eigenvalue weighted by atomic mass is 16.5. The largest absolute Gasteiger partial charge is 0.466 e. The van der Waals surface area contributed by atoms with E-state index < -0.39 is 0 Å². The van der Waals surface area contributed by atoms with Crippen molar-refractivity contribution in [3.05, 3.63) is 0 Å². The summed E-state index contributed by atoms with van der Waals surface area (Å²) in [7, 11) is 0. The van der Waals surface area contributed by atoms with Crippen molar-refractivity contribution in [2.24, 2.45) is 17.6 Å². The average Bonchev–Trinajstić information content (AvgIpc) is 2.75. The third-order valence-corrected chi connectivity index (χ3v) is 3.42. The molecule has 0 aromatic rings. The second kappa shape index (κ2) is 2.98. The third kappa shape index (κ3) is 1.57. The van der Waals surface area contributed by atoms with Crippen LogP contribution in [0.2, 0.25) is 0 Å². The number of nitrogens with two attached hydrogens (primary N) is 1. The lowest BCUT2D eigenvalue weighted by Crippen LogP contribution is -2.42. The summed E-state index contributed by atoms with van der Waals surface area (Å²) in [6.07, 6.45) is 3.86. The highest BCUT2D eigenvalue weighted by Crippen LogP contribution is 2.57. The molecule has 3 nitrogen and oxygen atoms in total. The summed E-state index contributed by atoms with van der Waals surface area (Å²) in [6, 6.07) is 0. The van der Waals surface area contributed by atoms with Crippen molar-refractivity contribution in [3.8, 4) is 0 Å². The highest BCUT2D eigenvalue weighted by molar-refractivity contribution is 5.71. The van der Waals surface area contributed by atoms with Gasteiger partial charge in [0.1, 0.15) is 0 Å². The molecule has 0 aromatic carbocycles. The summed E-state index contributed by atoms with van der Waals surface area (Å²) in [5.74, 6) is 1.30. The smallest absolute Gasteiger partial charge is 0.307 e. The monoisotopic (exact) mass is 183 g/mol. The van der Waals surface area contributed by atoms with Crippen LogP contribution < -0.4 is 5.73 Å². The van der Waals surface area contributed by atoms with Gasteiger partial charge in [0.25, 0.3) is 0 Å². The van der Waals surface area contributed by atoms with E-state index in [1.807, 2.05) is 6.92 Å². The molecule has 0 amide bonds. The van der Waals surface area contributed by atoms with Crippen molar-refractivity contribution in [1.29, 1.82) is 0 Å². The van der Waals surface area contributed by atoms with E-state index in [-0.39, 0.29) is 11.5 Å². The van der Waals surface area contributed by atoms with Gasteiger partial charge in [-0.05, 0) is 38.0 Å². The Bertz CT molecular complexity index is 229. The molecule has 0 aromatic heterocycles. The minimum atomic E-state index is -0.225. The Labute approximate surface area is 78.6 Å². The molecule has 1 unspecified atom stereocenters. The first kappa shape index (κ1) is 9.00. The van der Waals surface area contributed by atoms with Gasteiger partial charge in [0.2, 0.25) is 0 Å². The van der Waals surface area contributed by atoms with Gasteiger partial charge in [-0.1, -0.05) is 0 Å². The summed E-state index contributed by atoms with van der Waals surface area (Å²) in [5, 5.41) is 0. The predicted octanol–water partition coefficient (Wildman–Crippen LogP) is 1.07. The van der Waals surface area contributed by atoms with Gasteiger partial charge in [-0.3, -0.25) is 4.79 Å². The van der Waals surface area contributed by atoms with Gasteiger partial charge in [0.15, 0.2) is 0 Å². The molecule has 2 aliphatic carbocycles. The van der Waals surface area contributed by atoms with Crippen LogP contribution in [-0.4, -0.2) is 18.1 Å². The highest BCUT2D eigenvalue weighted by Gasteiger charge is 2.56. The van der Waals surface area contributed by atoms with Crippen LogP contribution in [-0.2, 0) is 9.53 Å². The topological polar surface area (TPSA) is 52.3 Å². The quantitative estimate of drug-likeness (QED) is 0.666. The van der Waals surface area contributed by atoms with E-state index in [4.69, 9.17) is 10.5 Å². The fourth-order valence-corrected chi connectivity index (χ4v) is 2.61. The molecule has 13 heavy (non-hydrogen) atoms. The van der Waals surface area contributed by atoms with E-state index in [9.17, 15) is 4.79 Å². The van der Waals surface area contributed by atoms with Crippen LogP contribution in [0.4, 0.5) is 0 Å². The minimum Gasteiger partial charge on any atom is -0.466 e. The molecule has 0 bridgehead atoms. The predicted molar refractivity (Wildman–Crippen MR) is 49.0 cm³/mol. The van der Waals surface area contributed by atoms with E-state index >= 15 is 0 Å². The molecule has 2 rings (SSSR count). The van der Waals surface area contributed by atoms with E-state index in [1.54, 1.807) is 0 Å². The van der Waals surface area contributed by atoms with Crippen LogP contribution in [0, 0.1) is 11.8 Å². The molecule has 3 atom stereocenters. The number of fused-ring (bicyclic) bond motifs is 1. The first-order chi connectivity index (χ1) is 6.15. The zero-order chi connectivity index (χ0) is 9.47. The average molecular weight is 183 g/mol. The van der Waals surface area contributed by atoms with Crippen molar-refractivity contribution in [1.82, 2.24) is 0 Å². The Kier molecular flexibility index (Phi) is 2.06. The summed E-state index contributed by atoms with van der Waals surface area (Å²) in [6.45, 7) is 2.29. The molecule has 2 saturated carbocycles. The first-order valence-corrected chi connectivity index (χ1v) is 5.10. The van der Waals surface area contributed by atoms with Crippen LogP contribution >= 0.6 is 0 Å². The molecule has 0 saturated heterocycles. The van der Waals surface area contributed by atoms with Gasteiger partial charge in [0.05, 0.1) is 13.0 Å². The molecular weight excluding hydrogens is 166 g/mol. The molecule has 0 heterocycles. The maximum absolute atomic E-state index is 11.3. The van der Waals surface area contributed by atoms with Gasteiger partial charge in [-0.2, -0.15) is 0 Å². The standard InChI is InChI=1S/C10H17NO2/c1-2-13-9(12)6-10(11)4-3-7-5-8(7)10/h7-8H,2-6,11H2,1H3/t7-,8+,10?/m0/s1. The zero-order valence-corrected chi connectivity index (χ0v) is 8.08. The lowest BCUT2D eigenvalue weighted by molar-refractivity contribution is -0.144. The number of ether oxygens (including phenoxy) is 1. The van der Waals surface area contributed by atoms with E-state index in [0.717, 1.165) is 12.3 Å². The Morgan fingerprint density at radius 2 is 2.46 bits per heavy atom. The fraction of sp³-hybridized carbons (Fsp3) is 0.900. The lowest BCUT2D eigenvalue weighted by Gasteiger charge is -2.24. The maximum atomic E-state index is 11.3. The van der Waals surface area contributed by atoms with Crippen LogP contribution in [0.25, 0.3) is 0 Å². The van der Waals surface area contributed by atoms with E-state index in [1.165, 1.54) is 12.8 Å². The molecular formula is C10H17NO2. The molecule has 2 aliphatic rings. The van der Waals surface area contributed by atoms with Gasteiger partial charge < -0.3 is 10.5 Å². The van der Waals surface area contributed by atoms with Gasteiger partial charge in [-0.25, -0.2) is 0 Å². The lowest BCUT2D eigenvalue weighted by atomic mass is 9.90. The molecule has 2 fully saturated rings. The maximum Gasteiger partial charge on any atom is 0.307 e. The normalized spacial score (nSPS) is 41.4. The molecule has 2 N–H and O–H groups in total. The molecule has 0 spiro atoms. The van der Waals surface area contributed by atoms with Gasteiger partial charge >= 0.3 is 5.97 Å². The number of carbonyl (C=O) groups excluding carboxylic acids is 1. The number of esters is 1. The van der Waals surface area contributed by atoms with Crippen LogP contribution in [0.1, 0.15) is 32.6 Å². The van der Waals surface area contributed by atoms with Crippen molar-refractivity contribution in [2.45, 2.75) is 38.1 Å². The summed E-state index contributed by atoms with van der Waals surface area (Å²) in [5.41, 5.74) is 5.95. The third-order valence-electron chi connectivity index (χ3n) is 3.42. The zero-order valence-electron chi connectivity index (χ0n) is 8.08. The fourth-order valence-electron chi connectivity index (χ4n) is 2.61. The minimum absolute atomic E-state index is 0.127. The number of rotatable bonds is 3. The first-order valence-electron chi connectivity index (χ1n) is 5.10. The van der Waals surface area contributed by atoms with Crippen LogP contribution in [0.3, 0.4) is 0 Å². The summed E-state index contributed by atoms with van der Waals surface area (Å²) >= 11 is 0. The van der Waals surface area contributed by atoms with Gasteiger partial charge in [0, 0.05) is 5.54 Å². The summed E-state index contributed by atoms with van der Waals surface area (Å²) in [4.78, 5) is 11.3.